The average Bonchev–Trinajstić information content (AvgIpc) is 1.63. The number of rotatable bonds is 2. The van der Waals surface area contributed by atoms with Crippen molar-refractivity contribution in [3.63, 3.8) is 0 Å². The van der Waals surface area contributed by atoms with Crippen LogP contribution in [0.15, 0.2) is 0 Å². The monoisotopic (exact) mass is 130 g/mol. The molecule has 0 aliphatic rings. The lowest BCUT2D eigenvalue weighted by Crippen LogP contribution is -2.41. The summed E-state index contributed by atoms with van der Waals surface area (Å²) in [4.78, 5) is 9.95. The van der Waals surface area contributed by atoms with E-state index in [9.17, 15) is 9.90 Å². The fourth-order valence-electron chi connectivity index (χ4n) is 0.365. The van der Waals surface area contributed by atoms with Crippen molar-refractivity contribution < 1.29 is 9.90 Å². The van der Waals surface area contributed by atoms with Crippen LogP contribution in [-0.4, -0.2) is 11.6 Å². The van der Waals surface area contributed by atoms with Gasteiger partial charge in [-0.15, -0.1) is 0 Å². The zero-order valence-corrected chi connectivity index (χ0v) is 6.02. The average molecular weight is 130 g/mol. The molecule has 0 spiro atoms. The molecule has 0 unspecified atom stereocenters. The first kappa shape index (κ1) is 8.27. The molecule has 1 N–H and O–H groups in total. The summed E-state index contributed by atoms with van der Waals surface area (Å²) < 4.78 is 0. The summed E-state index contributed by atoms with van der Waals surface area (Å²) in [7, 11) is 0. The van der Waals surface area contributed by atoms with Gasteiger partial charge in [0.2, 0.25) is 0 Å². The van der Waals surface area contributed by atoms with Crippen molar-refractivity contribution in [3.05, 3.63) is 0 Å². The number of carbonyl (C=O) groups excluding carboxylic acids is 1. The van der Waals surface area contributed by atoms with Gasteiger partial charge in [0.05, 0.1) is 0 Å². The van der Waals surface area contributed by atoms with Crippen molar-refractivity contribution in [2.45, 2.75) is 32.7 Å². The highest BCUT2D eigenvalue weighted by Crippen LogP contribution is 2.05. The second-order valence-electron chi connectivity index (χ2n) is 2.65. The Bertz CT molecular complexity index is 110. The minimum absolute atomic E-state index is 0.348. The predicted molar refractivity (Wildman–Crippen MR) is 33.6 cm³/mol. The summed E-state index contributed by atoms with van der Waals surface area (Å²) in [6, 6.07) is 0. The molecule has 0 aliphatic heterocycles. The molecule has 0 saturated carbocycles. The van der Waals surface area contributed by atoms with Gasteiger partial charge in [0.25, 0.3) is 0 Å². The molecule has 0 aliphatic carbocycles. The largest absolute Gasteiger partial charge is 0.451 e. The molecule has 0 bridgehead atoms. The van der Waals surface area contributed by atoms with Crippen LogP contribution in [0.4, 0.5) is 4.79 Å². The van der Waals surface area contributed by atoms with E-state index in [2.05, 4.69) is 5.32 Å². The van der Waals surface area contributed by atoms with Crippen LogP contribution >= 0.6 is 0 Å². The van der Waals surface area contributed by atoms with Crippen LogP contribution in [-0.2, 0) is 5.11 Å². The number of carbonyl (C=O) groups is 1. The minimum atomic E-state index is -1.21. The van der Waals surface area contributed by atoms with Crippen LogP contribution in [0.3, 0.4) is 0 Å². The van der Waals surface area contributed by atoms with E-state index in [1.165, 1.54) is 0 Å². The summed E-state index contributed by atoms with van der Waals surface area (Å²) in [6.07, 6.45) is -0.442. The fourth-order valence-corrected chi connectivity index (χ4v) is 0.365. The summed E-state index contributed by atoms with van der Waals surface area (Å²) in [5.41, 5.74) is -0.348. The summed E-state index contributed by atoms with van der Waals surface area (Å²) in [5, 5.41) is 12.2. The molecule has 53 valence electrons. The standard InChI is InChI=1S/C6H12NO2/c1-4-6(2,3)7-5(8)9/h7H,4H2,1-3H3. The molecule has 0 aromatic heterocycles. The topological polar surface area (TPSA) is 49.0 Å². The molecule has 0 saturated heterocycles. The van der Waals surface area contributed by atoms with Crippen molar-refractivity contribution in [2.75, 3.05) is 0 Å². The zero-order chi connectivity index (χ0) is 7.49. The van der Waals surface area contributed by atoms with E-state index >= 15 is 0 Å². The first-order valence-corrected chi connectivity index (χ1v) is 2.97. The molecular weight excluding hydrogens is 118 g/mol. The maximum absolute atomic E-state index is 9.95. The SMILES string of the molecule is CCC(C)(C)NC([O])=O. The Morgan fingerprint density at radius 2 is 2.00 bits per heavy atom. The molecule has 0 fully saturated rings. The van der Waals surface area contributed by atoms with Crippen molar-refractivity contribution in [1.29, 1.82) is 0 Å². The number of amides is 1. The van der Waals surface area contributed by atoms with Crippen molar-refractivity contribution in [1.82, 2.24) is 5.32 Å². The second kappa shape index (κ2) is 2.71. The number of nitrogens with one attached hydrogen (secondary N) is 1. The molecule has 3 heteroatoms. The Morgan fingerprint density at radius 3 is 2.11 bits per heavy atom. The minimum Gasteiger partial charge on any atom is -0.314 e. The van der Waals surface area contributed by atoms with Crippen LogP contribution in [0, 0.1) is 0 Å². The lowest BCUT2D eigenvalue weighted by molar-refractivity contribution is 0.156. The highest BCUT2D eigenvalue weighted by molar-refractivity contribution is 5.64. The van der Waals surface area contributed by atoms with Gasteiger partial charge in [0.1, 0.15) is 0 Å². The lowest BCUT2D eigenvalue weighted by atomic mass is 10.0. The van der Waals surface area contributed by atoms with Gasteiger partial charge in [-0.3, -0.25) is 0 Å². The van der Waals surface area contributed by atoms with Crippen LogP contribution in [0.5, 0.6) is 0 Å². The van der Waals surface area contributed by atoms with Crippen molar-refractivity contribution >= 4 is 6.09 Å². The summed E-state index contributed by atoms with van der Waals surface area (Å²) in [5.74, 6) is 0. The normalized spacial score (nSPS) is 11.0. The van der Waals surface area contributed by atoms with E-state index in [0.717, 1.165) is 6.42 Å². The van der Waals surface area contributed by atoms with Gasteiger partial charge >= 0.3 is 6.09 Å². The Morgan fingerprint density at radius 1 is 1.56 bits per heavy atom. The lowest BCUT2D eigenvalue weighted by Gasteiger charge is -2.20. The fraction of sp³-hybridized carbons (Fsp3) is 0.833. The molecule has 1 amide bonds. The third-order valence-corrected chi connectivity index (χ3v) is 1.32. The van der Waals surface area contributed by atoms with E-state index in [-0.39, 0.29) is 5.54 Å². The molecule has 0 aromatic carbocycles. The van der Waals surface area contributed by atoms with E-state index in [1.54, 1.807) is 0 Å². The molecule has 0 atom stereocenters. The van der Waals surface area contributed by atoms with E-state index in [4.69, 9.17) is 0 Å². The van der Waals surface area contributed by atoms with Crippen molar-refractivity contribution in [2.24, 2.45) is 0 Å². The van der Waals surface area contributed by atoms with Crippen LogP contribution < -0.4 is 5.32 Å². The maximum Gasteiger partial charge on any atom is 0.451 e. The maximum atomic E-state index is 9.95. The molecule has 3 nitrogen and oxygen atoms in total. The highest BCUT2D eigenvalue weighted by Gasteiger charge is 2.17. The third kappa shape index (κ3) is 3.82. The van der Waals surface area contributed by atoms with Gasteiger partial charge in [0, 0.05) is 5.54 Å². The molecule has 0 rings (SSSR count). The van der Waals surface area contributed by atoms with Gasteiger partial charge in [-0.1, -0.05) is 6.92 Å². The van der Waals surface area contributed by atoms with Gasteiger partial charge in [-0.2, -0.15) is 0 Å². The van der Waals surface area contributed by atoms with Crippen molar-refractivity contribution in [3.8, 4) is 0 Å². The Labute approximate surface area is 55.1 Å². The highest BCUT2D eigenvalue weighted by atomic mass is 16.4. The van der Waals surface area contributed by atoms with Gasteiger partial charge in [-0.05, 0) is 20.3 Å². The van der Waals surface area contributed by atoms with Crippen LogP contribution in [0.2, 0.25) is 0 Å². The smallest absolute Gasteiger partial charge is 0.314 e. The van der Waals surface area contributed by atoms with E-state index in [0.29, 0.717) is 0 Å². The number of hydrogen-bond donors (Lipinski definition) is 1. The first-order chi connectivity index (χ1) is 3.98. The predicted octanol–water partition coefficient (Wildman–Crippen LogP) is 1.32. The van der Waals surface area contributed by atoms with E-state index in [1.807, 2.05) is 20.8 Å². The molecule has 9 heavy (non-hydrogen) atoms. The molecular formula is C6H12NO2. The Balaban J connectivity index is 3.71. The summed E-state index contributed by atoms with van der Waals surface area (Å²) in [6.45, 7) is 5.53. The van der Waals surface area contributed by atoms with Crippen LogP contribution in [0.1, 0.15) is 27.2 Å². The Kier molecular flexibility index (Phi) is 2.49. The van der Waals surface area contributed by atoms with Crippen LogP contribution in [0.25, 0.3) is 0 Å². The quantitative estimate of drug-likeness (QED) is 0.602. The van der Waals surface area contributed by atoms with E-state index < -0.39 is 6.09 Å². The third-order valence-electron chi connectivity index (χ3n) is 1.32. The second-order valence-corrected chi connectivity index (χ2v) is 2.65. The number of hydrogen-bond acceptors (Lipinski definition) is 1. The Hall–Kier alpha value is -0.730. The van der Waals surface area contributed by atoms with Gasteiger partial charge in [0.15, 0.2) is 0 Å². The molecule has 0 heterocycles. The molecule has 0 aromatic rings. The molecule has 1 radical (unpaired) electrons. The van der Waals surface area contributed by atoms with Gasteiger partial charge < -0.3 is 5.32 Å². The summed E-state index contributed by atoms with van der Waals surface area (Å²) >= 11 is 0. The first-order valence-electron chi connectivity index (χ1n) is 2.97. The zero-order valence-electron chi connectivity index (χ0n) is 6.02. The van der Waals surface area contributed by atoms with Gasteiger partial charge in [-0.25, -0.2) is 9.90 Å².